The molecule has 1 atom stereocenters. The van der Waals surface area contributed by atoms with Gasteiger partial charge in [0.05, 0.1) is 6.61 Å². The highest BCUT2D eigenvalue weighted by molar-refractivity contribution is 5.98. The van der Waals surface area contributed by atoms with E-state index in [1.165, 1.54) is 24.3 Å². The molecule has 0 radical (unpaired) electrons. The first-order valence-electron chi connectivity index (χ1n) is 10.4. The molecule has 1 aliphatic carbocycles. The lowest BCUT2D eigenvalue weighted by Gasteiger charge is -2.43. The van der Waals surface area contributed by atoms with Crippen molar-refractivity contribution in [1.82, 2.24) is 15.2 Å². The second kappa shape index (κ2) is 8.52. The highest BCUT2D eigenvalue weighted by atomic mass is 19.1. The fourth-order valence-electron chi connectivity index (χ4n) is 4.32. The first-order chi connectivity index (χ1) is 14.5. The summed E-state index contributed by atoms with van der Waals surface area (Å²) in [5.41, 5.74) is 0.498. The Labute approximate surface area is 175 Å². The van der Waals surface area contributed by atoms with Crippen molar-refractivity contribution >= 4 is 11.8 Å². The maximum atomic E-state index is 13.4. The van der Waals surface area contributed by atoms with E-state index in [2.05, 4.69) is 17.2 Å². The van der Waals surface area contributed by atoms with Gasteiger partial charge in [0.1, 0.15) is 17.6 Å². The van der Waals surface area contributed by atoms with E-state index < -0.39 is 17.6 Å². The number of halogens is 1. The van der Waals surface area contributed by atoms with E-state index in [1.54, 1.807) is 17.3 Å². The molecule has 1 saturated heterocycles. The Morgan fingerprint density at radius 1 is 1.17 bits per heavy atom. The zero-order valence-electron chi connectivity index (χ0n) is 17.0. The van der Waals surface area contributed by atoms with Crippen molar-refractivity contribution in [2.24, 2.45) is 5.92 Å². The van der Waals surface area contributed by atoms with E-state index in [-0.39, 0.29) is 18.4 Å². The van der Waals surface area contributed by atoms with Gasteiger partial charge in [0.15, 0.2) is 0 Å². The number of carbonyl (C=O) groups excluding carboxylic acids is 2. The van der Waals surface area contributed by atoms with Crippen LogP contribution in [0.25, 0.3) is 0 Å². The lowest BCUT2D eigenvalue weighted by molar-refractivity contribution is -0.128. The Kier molecular flexibility index (Phi) is 5.81. The number of hydrogen-bond donors (Lipinski definition) is 1. The van der Waals surface area contributed by atoms with Gasteiger partial charge >= 0.3 is 0 Å². The van der Waals surface area contributed by atoms with Gasteiger partial charge in [-0.25, -0.2) is 4.39 Å². The van der Waals surface area contributed by atoms with Crippen molar-refractivity contribution in [2.45, 2.75) is 50.9 Å². The van der Waals surface area contributed by atoms with Gasteiger partial charge in [-0.05, 0) is 73.6 Å². The fraction of sp³-hybridized carbons (Fsp3) is 0.435. The third-order valence-electron chi connectivity index (χ3n) is 6.14. The highest BCUT2D eigenvalue weighted by Crippen LogP contribution is 2.43. The number of pyridine rings is 1. The Bertz CT molecular complexity index is 896. The summed E-state index contributed by atoms with van der Waals surface area (Å²) in [4.78, 5) is 32.1. The van der Waals surface area contributed by atoms with Crippen LogP contribution in [0, 0.1) is 11.7 Å². The molecule has 4 rings (SSSR count). The summed E-state index contributed by atoms with van der Waals surface area (Å²) in [5, 5.41) is 2.92. The maximum Gasteiger partial charge on any atom is 0.256 e. The molecule has 1 aromatic heterocycles. The second-order valence-electron chi connectivity index (χ2n) is 8.21. The number of carbonyl (C=O) groups is 2. The molecule has 1 spiro atoms. The Morgan fingerprint density at radius 2 is 1.83 bits per heavy atom. The average molecular weight is 411 g/mol. The van der Waals surface area contributed by atoms with Crippen LogP contribution in [-0.2, 0) is 16.1 Å². The van der Waals surface area contributed by atoms with E-state index in [0.29, 0.717) is 30.9 Å². The normalized spacial score (nSPS) is 26.0. The molecule has 30 heavy (non-hydrogen) atoms. The van der Waals surface area contributed by atoms with E-state index >= 15 is 0 Å². The van der Waals surface area contributed by atoms with Crippen LogP contribution in [0.15, 0.2) is 48.8 Å². The molecule has 2 aliphatic rings. The third-order valence-corrected chi connectivity index (χ3v) is 6.14. The molecule has 1 aromatic carbocycles. The minimum absolute atomic E-state index is 0.156. The summed E-state index contributed by atoms with van der Waals surface area (Å²) in [5.74, 6) is -0.400. The minimum Gasteiger partial charge on any atom is -0.353 e. The van der Waals surface area contributed by atoms with Crippen LogP contribution in [0.2, 0.25) is 0 Å². The summed E-state index contributed by atoms with van der Waals surface area (Å²) < 4.78 is 19.5. The largest absolute Gasteiger partial charge is 0.353 e. The van der Waals surface area contributed by atoms with Crippen LogP contribution >= 0.6 is 0 Å². The van der Waals surface area contributed by atoms with Crippen molar-refractivity contribution in [3.8, 4) is 0 Å². The molecular weight excluding hydrogens is 385 g/mol. The molecule has 0 bridgehead atoms. The van der Waals surface area contributed by atoms with Crippen molar-refractivity contribution in [2.75, 3.05) is 6.61 Å². The molecule has 2 heterocycles. The first kappa shape index (κ1) is 20.5. The molecule has 2 amide bonds. The van der Waals surface area contributed by atoms with Gasteiger partial charge in [0.2, 0.25) is 5.91 Å². The van der Waals surface area contributed by atoms with Crippen LogP contribution in [0.4, 0.5) is 4.39 Å². The van der Waals surface area contributed by atoms with Crippen molar-refractivity contribution < 1.29 is 18.7 Å². The quantitative estimate of drug-likeness (QED) is 0.838. The van der Waals surface area contributed by atoms with Gasteiger partial charge in [-0.2, -0.15) is 0 Å². The van der Waals surface area contributed by atoms with E-state index in [1.807, 2.05) is 12.1 Å². The van der Waals surface area contributed by atoms with Crippen LogP contribution in [0.3, 0.4) is 0 Å². The number of amides is 2. The first-order valence-corrected chi connectivity index (χ1v) is 10.4. The minimum atomic E-state index is -0.781. The summed E-state index contributed by atoms with van der Waals surface area (Å²) in [7, 11) is 0. The number of nitrogens with one attached hydrogen (secondary N) is 1. The molecule has 2 aromatic rings. The van der Waals surface area contributed by atoms with Crippen LogP contribution in [0.5, 0.6) is 0 Å². The number of aromatic nitrogens is 1. The zero-order valence-corrected chi connectivity index (χ0v) is 17.0. The molecule has 1 N–H and O–H groups in total. The highest BCUT2D eigenvalue weighted by Gasteiger charge is 2.53. The predicted octanol–water partition coefficient (Wildman–Crippen LogP) is 3.28. The molecule has 1 aliphatic heterocycles. The van der Waals surface area contributed by atoms with Gasteiger partial charge in [-0.3, -0.25) is 19.5 Å². The number of nitrogens with zero attached hydrogens (tertiary/aromatic N) is 2. The monoisotopic (exact) mass is 411 g/mol. The summed E-state index contributed by atoms with van der Waals surface area (Å²) >= 11 is 0. The maximum absolute atomic E-state index is 13.4. The van der Waals surface area contributed by atoms with Crippen LogP contribution < -0.4 is 5.32 Å². The number of benzene rings is 1. The van der Waals surface area contributed by atoms with Crippen molar-refractivity contribution in [3.63, 3.8) is 0 Å². The third kappa shape index (κ3) is 4.07. The van der Waals surface area contributed by atoms with Crippen molar-refractivity contribution in [3.05, 3.63) is 65.7 Å². The van der Waals surface area contributed by atoms with E-state index in [0.717, 1.165) is 18.4 Å². The van der Waals surface area contributed by atoms with Crippen LogP contribution in [0.1, 0.15) is 48.5 Å². The summed E-state index contributed by atoms with van der Waals surface area (Å²) in [6.45, 7) is 2.69. The average Bonchev–Trinajstić information content (AvgIpc) is 3.14. The van der Waals surface area contributed by atoms with Gasteiger partial charge < -0.3 is 10.1 Å². The summed E-state index contributed by atoms with van der Waals surface area (Å²) in [6, 6.07) is 8.38. The number of rotatable bonds is 4. The van der Waals surface area contributed by atoms with E-state index in [9.17, 15) is 14.0 Å². The lowest BCUT2D eigenvalue weighted by Crippen LogP contribution is -2.56. The zero-order chi connectivity index (χ0) is 21.1. The topological polar surface area (TPSA) is 71.5 Å². The Morgan fingerprint density at radius 3 is 2.50 bits per heavy atom. The van der Waals surface area contributed by atoms with Crippen molar-refractivity contribution in [1.29, 1.82) is 0 Å². The molecule has 1 saturated carbocycles. The Hall–Kier alpha value is -2.80. The molecule has 6 nitrogen and oxygen atoms in total. The van der Waals surface area contributed by atoms with Gasteiger partial charge in [0, 0.05) is 24.5 Å². The molecule has 158 valence electrons. The number of ether oxygens (including phenoxy) is 1. The van der Waals surface area contributed by atoms with Gasteiger partial charge in [-0.15, -0.1) is 0 Å². The molecular formula is C23H26FN3O3. The van der Waals surface area contributed by atoms with Gasteiger partial charge in [-0.1, -0.05) is 6.92 Å². The van der Waals surface area contributed by atoms with E-state index in [4.69, 9.17) is 4.74 Å². The Balaban J connectivity index is 1.57. The lowest BCUT2D eigenvalue weighted by atomic mass is 9.83. The molecule has 1 unspecified atom stereocenters. The molecule has 2 fully saturated rings. The van der Waals surface area contributed by atoms with Crippen LogP contribution in [-0.4, -0.2) is 40.1 Å². The summed E-state index contributed by atoms with van der Waals surface area (Å²) in [6.07, 6.45) is 6.58. The molecule has 7 heteroatoms. The fourth-order valence-corrected chi connectivity index (χ4v) is 4.32. The number of hydrogen-bond acceptors (Lipinski definition) is 4. The standard InChI is InChI=1S/C23H26FN3O3/c1-16-6-10-23(11-7-16)27(22(29)18-2-4-19(24)5-3-18)20(15-30-23)21(28)26-14-17-8-12-25-13-9-17/h2-5,8-9,12-13,16,20H,6-7,10-11,14-15H2,1H3,(H,26,28). The SMILES string of the molecule is CC1CCC2(CC1)OCC(C(=O)NCc1ccncc1)N2C(=O)c1ccc(F)cc1. The second-order valence-corrected chi connectivity index (χ2v) is 8.21. The van der Waals surface area contributed by atoms with Gasteiger partial charge in [0.25, 0.3) is 5.91 Å². The predicted molar refractivity (Wildman–Crippen MR) is 109 cm³/mol. The smallest absolute Gasteiger partial charge is 0.256 e.